The molecular weight excluding hydrogens is 252 g/mol. The van der Waals surface area contributed by atoms with Crippen LogP contribution in [0.1, 0.15) is 72.1 Å². The molecule has 21 heavy (non-hydrogen) atoms. The van der Waals surface area contributed by atoms with Crippen LogP contribution in [-0.4, -0.2) is 0 Å². The van der Waals surface area contributed by atoms with E-state index in [1.54, 1.807) is 5.57 Å². The summed E-state index contributed by atoms with van der Waals surface area (Å²) in [5, 5.41) is 0. The van der Waals surface area contributed by atoms with Crippen molar-refractivity contribution in [3.05, 3.63) is 24.8 Å². The van der Waals surface area contributed by atoms with E-state index in [-0.39, 0.29) is 0 Å². The van der Waals surface area contributed by atoms with Gasteiger partial charge in [-0.25, -0.2) is 0 Å². The summed E-state index contributed by atoms with van der Waals surface area (Å²) >= 11 is 0. The minimum Gasteiger partial charge on any atom is -0.124 e. The minimum absolute atomic E-state index is 0.830. The third-order valence-electron chi connectivity index (χ3n) is 5.24. The van der Waals surface area contributed by atoms with Crippen molar-refractivity contribution >= 4 is 0 Å². The smallest absolute Gasteiger partial charge is 0.0175 e. The Morgan fingerprint density at radius 1 is 1.14 bits per heavy atom. The van der Waals surface area contributed by atoms with Gasteiger partial charge >= 0.3 is 0 Å². The van der Waals surface area contributed by atoms with Crippen LogP contribution in [0.25, 0.3) is 0 Å². The molecule has 0 aromatic carbocycles. The van der Waals surface area contributed by atoms with Crippen molar-refractivity contribution in [2.45, 2.75) is 72.1 Å². The lowest BCUT2D eigenvalue weighted by Gasteiger charge is -2.46. The SMILES string of the molecule is C#C.C=CCCCC1C(=C)CCC2C1CCC[C@@H]2C.CC. The van der Waals surface area contributed by atoms with Gasteiger partial charge in [0.1, 0.15) is 0 Å². The van der Waals surface area contributed by atoms with E-state index in [4.69, 9.17) is 0 Å². The molecular formula is C21H36. The molecule has 0 aromatic rings. The molecule has 2 saturated carbocycles. The Kier molecular flexibility index (Phi) is 11.1. The van der Waals surface area contributed by atoms with Gasteiger partial charge in [-0.1, -0.05) is 51.8 Å². The van der Waals surface area contributed by atoms with Crippen LogP contribution in [-0.2, 0) is 0 Å². The Labute approximate surface area is 134 Å². The lowest BCUT2D eigenvalue weighted by molar-refractivity contribution is 0.0873. The van der Waals surface area contributed by atoms with Crippen molar-refractivity contribution in [1.82, 2.24) is 0 Å². The molecule has 0 amide bonds. The van der Waals surface area contributed by atoms with Crippen LogP contribution in [0.2, 0.25) is 0 Å². The maximum atomic E-state index is 4.36. The van der Waals surface area contributed by atoms with Crippen LogP contribution in [0.3, 0.4) is 0 Å². The molecule has 0 heteroatoms. The highest BCUT2D eigenvalue weighted by atomic mass is 14.4. The minimum atomic E-state index is 0.830. The van der Waals surface area contributed by atoms with Gasteiger partial charge in [0.05, 0.1) is 0 Å². The molecule has 0 bridgehead atoms. The van der Waals surface area contributed by atoms with E-state index in [2.05, 4.69) is 39.0 Å². The first-order valence-corrected chi connectivity index (χ1v) is 8.86. The zero-order valence-corrected chi connectivity index (χ0v) is 14.6. The second-order valence-electron chi connectivity index (χ2n) is 6.26. The van der Waals surface area contributed by atoms with Crippen LogP contribution in [0, 0.1) is 36.5 Å². The normalized spacial score (nSPS) is 30.8. The van der Waals surface area contributed by atoms with Gasteiger partial charge in [0.25, 0.3) is 0 Å². The van der Waals surface area contributed by atoms with E-state index in [1.807, 2.05) is 13.8 Å². The summed E-state index contributed by atoms with van der Waals surface area (Å²) in [6.07, 6.45) is 21.0. The molecule has 120 valence electrons. The second-order valence-corrected chi connectivity index (χ2v) is 6.26. The van der Waals surface area contributed by atoms with Crippen molar-refractivity contribution in [2.24, 2.45) is 23.7 Å². The van der Waals surface area contributed by atoms with Crippen molar-refractivity contribution in [1.29, 1.82) is 0 Å². The zero-order valence-electron chi connectivity index (χ0n) is 14.6. The lowest BCUT2D eigenvalue weighted by atomic mass is 9.59. The first kappa shape index (κ1) is 20.0. The van der Waals surface area contributed by atoms with Gasteiger partial charge in [-0.15, -0.1) is 19.4 Å². The van der Waals surface area contributed by atoms with E-state index in [1.165, 1.54) is 51.4 Å². The van der Waals surface area contributed by atoms with Crippen LogP contribution in [0.15, 0.2) is 24.8 Å². The van der Waals surface area contributed by atoms with Crippen LogP contribution < -0.4 is 0 Å². The number of rotatable bonds is 4. The molecule has 2 aliphatic carbocycles. The molecule has 0 nitrogen and oxygen atoms in total. The fourth-order valence-electron chi connectivity index (χ4n) is 4.26. The standard InChI is InChI=1S/C17H28.C2H6.C2H2/c1-4-5-6-9-15-14(3)11-12-16-13(2)8-7-10-17(15)16;2*1-2/h4,13,15-17H,1,3,5-12H2,2H3;1-2H3;1-2H/t13-,15?,16?,17?;;/m0../s1. The molecule has 2 rings (SSSR count). The molecule has 0 aromatic heterocycles. The van der Waals surface area contributed by atoms with E-state index in [9.17, 15) is 0 Å². The molecule has 0 aliphatic heterocycles. The van der Waals surface area contributed by atoms with Crippen molar-refractivity contribution in [3.8, 4) is 12.8 Å². The summed E-state index contributed by atoms with van der Waals surface area (Å²) in [5.74, 6) is 3.76. The van der Waals surface area contributed by atoms with Gasteiger partial charge < -0.3 is 0 Å². The van der Waals surface area contributed by atoms with E-state index in [0.717, 1.165) is 23.7 Å². The Hall–Kier alpha value is -0.960. The van der Waals surface area contributed by atoms with Crippen LogP contribution >= 0.6 is 0 Å². The Bertz CT molecular complexity index is 309. The predicted molar refractivity (Wildman–Crippen MR) is 97.1 cm³/mol. The summed E-state index contributed by atoms with van der Waals surface area (Å²) in [7, 11) is 0. The first-order chi connectivity index (χ1) is 10.2. The fourth-order valence-corrected chi connectivity index (χ4v) is 4.26. The maximum Gasteiger partial charge on any atom is -0.0175 e. The highest BCUT2D eigenvalue weighted by molar-refractivity contribution is 5.09. The summed E-state index contributed by atoms with van der Waals surface area (Å²) in [6, 6.07) is 0. The molecule has 0 saturated heterocycles. The van der Waals surface area contributed by atoms with Gasteiger partial charge in [0, 0.05) is 0 Å². The number of hydrogen-bond donors (Lipinski definition) is 0. The van der Waals surface area contributed by atoms with E-state index in [0.29, 0.717) is 0 Å². The second kappa shape index (κ2) is 11.7. The van der Waals surface area contributed by atoms with Crippen molar-refractivity contribution in [3.63, 3.8) is 0 Å². The highest BCUT2D eigenvalue weighted by Crippen LogP contribution is 2.49. The maximum absolute atomic E-state index is 4.36. The average Bonchev–Trinajstić information content (AvgIpc) is 2.54. The third-order valence-corrected chi connectivity index (χ3v) is 5.24. The lowest BCUT2D eigenvalue weighted by Crippen LogP contribution is -2.36. The number of unbranched alkanes of at least 4 members (excludes halogenated alkanes) is 1. The quantitative estimate of drug-likeness (QED) is 0.309. The fraction of sp³-hybridized carbons (Fsp3) is 0.714. The predicted octanol–water partition coefficient (Wildman–Crippen LogP) is 6.64. The van der Waals surface area contributed by atoms with Crippen LogP contribution in [0.5, 0.6) is 0 Å². The first-order valence-electron chi connectivity index (χ1n) is 8.86. The zero-order chi connectivity index (χ0) is 16.3. The average molecular weight is 289 g/mol. The van der Waals surface area contributed by atoms with E-state index >= 15 is 0 Å². The number of terminal acetylenes is 1. The summed E-state index contributed by atoms with van der Waals surface area (Å²) in [4.78, 5) is 0. The van der Waals surface area contributed by atoms with Gasteiger partial charge in [-0.2, -0.15) is 0 Å². The molecule has 3 unspecified atom stereocenters. The van der Waals surface area contributed by atoms with Crippen molar-refractivity contribution in [2.75, 3.05) is 0 Å². The van der Waals surface area contributed by atoms with Gasteiger partial charge in [0.15, 0.2) is 0 Å². The third kappa shape index (κ3) is 5.74. The highest BCUT2D eigenvalue weighted by Gasteiger charge is 2.39. The van der Waals surface area contributed by atoms with Gasteiger partial charge in [0.2, 0.25) is 0 Å². The van der Waals surface area contributed by atoms with Gasteiger partial charge in [-0.05, 0) is 62.2 Å². The summed E-state index contributed by atoms with van der Waals surface area (Å²) in [6.45, 7) is 14.7. The van der Waals surface area contributed by atoms with E-state index < -0.39 is 0 Å². The Morgan fingerprint density at radius 3 is 2.43 bits per heavy atom. The molecule has 0 heterocycles. The molecule has 0 N–H and O–H groups in total. The van der Waals surface area contributed by atoms with Gasteiger partial charge in [-0.3, -0.25) is 0 Å². The molecule has 4 atom stereocenters. The largest absolute Gasteiger partial charge is 0.124 e. The molecule has 0 spiro atoms. The van der Waals surface area contributed by atoms with Crippen molar-refractivity contribution < 1.29 is 0 Å². The molecule has 2 aliphatic rings. The topological polar surface area (TPSA) is 0 Å². The Morgan fingerprint density at radius 2 is 1.81 bits per heavy atom. The number of allylic oxidation sites excluding steroid dienone is 2. The monoisotopic (exact) mass is 288 g/mol. The Balaban J connectivity index is 0.000000921. The van der Waals surface area contributed by atoms with Crippen LogP contribution in [0.4, 0.5) is 0 Å². The number of hydrogen-bond acceptors (Lipinski definition) is 0. The summed E-state index contributed by atoms with van der Waals surface area (Å²) < 4.78 is 0. The number of fused-ring (bicyclic) bond motifs is 1. The summed E-state index contributed by atoms with van der Waals surface area (Å²) in [5.41, 5.74) is 1.56. The molecule has 2 fully saturated rings. The molecule has 0 radical (unpaired) electrons.